The van der Waals surface area contributed by atoms with Crippen LogP contribution < -0.4 is 20.1 Å². The summed E-state index contributed by atoms with van der Waals surface area (Å²) in [5.41, 5.74) is 6.28. The molecule has 0 radical (unpaired) electrons. The van der Waals surface area contributed by atoms with E-state index in [1.54, 1.807) is 11.0 Å². The lowest BCUT2D eigenvalue weighted by Gasteiger charge is -2.35. The summed E-state index contributed by atoms with van der Waals surface area (Å²) in [6, 6.07) is 6.84. The Labute approximate surface area is 200 Å². The lowest BCUT2D eigenvalue weighted by Crippen LogP contribution is -2.50. The normalized spacial score (nSPS) is 17.6. The van der Waals surface area contributed by atoms with Gasteiger partial charge in [-0.3, -0.25) is 4.90 Å². The number of nitrogens with two attached hydrogens (primary N) is 1. The summed E-state index contributed by atoms with van der Waals surface area (Å²) in [7, 11) is 2.95. The van der Waals surface area contributed by atoms with Gasteiger partial charge in [-0.05, 0) is 29.5 Å². The number of urea groups is 1. The van der Waals surface area contributed by atoms with Gasteiger partial charge in [-0.1, -0.05) is 6.07 Å². The Morgan fingerprint density at radius 1 is 1.21 bits per heavy atom. The average Bonchev–Trinajstić information content (AvgIpc) is 3.22. The molecule has 3 amide bonds. The molecule has 0 aliphatic carbocycles. The number of nitrogens with zero attached hydrogens (tertiary/aromatic N) is 6. The first kappa shape index (κ1) is 23.4. The van der Waals surface area contributed by atoms with E-state index in [9.17, 15) is 14.9 Å². The highest BCUT2D eigenvalue weighted by Gasteiger charge is 2.41. The highest BCUT2D eigenvalue weighted by atomic mass is 32.2. The van der Waals surface area contributed by atoms with Crippen LogP contribution in [0.15, 0.2) is 29.6 Å². The Hall–Kier alpha value is -3.76. The van der Waals surface area contributed by atoms with E-state index >= 15 is 0 Å². The van der Waals surface area contributed by atoms with Gasteiger partial charge in [-0.25, -0.2) is 19.5 Å². The van der Waals surface area contributed by atoms with Gasteiger partial charge in [0.2, 0.25) is 11.4 Å². The van der Waals surface area contributed by atoms with Crippen molar-refractivity contribution in [1.29, 1.82) is 5.26 Å². The van der Waals surface area contributed by atoms with Crippen molar-refractivity contribution < 1.29 is 23.8 Å². The van der Waals surface area contributed by atoms with E-state index in [1.165, 1.54) is 20.5 Å². The highest BCUT2D eigenvalue weighted by molar-refractivity contribution is 8.00. The number of benzene rings is 1. The largest absolute Gasteiger partial charge is 0.495 e. The second kappa shape index (κ2) is 10.0. The van der Waals surface area contributed by atoms with E-state index in [2.05, 4.69) is 20.9 Å². The first-order chi connectivity index (χ1) is 16.4. The second-order valence-electron chi connectivity index (χ2n) is 7.46. The lowest BCUT2D eigenvalue weighted by molar-refractivity contribution is 0.0690. The van der Waals surface area contributed by atoms with Crippen molar-refractivity contribution in [2.24, 2.45) is 5.73 Å². The number of piperazine rings is 1. The Morgan fingerprint density at radius 3 is 2.62 bits per heavy atom. The smallest absolute Gasteiger partial charge is 0.412 e. The number of methoxy groups -OCH3 is 2. The summed E-state index contributed by atoms with van der Waals surface area (Å²) in [4.78, 5) is 37.9. The first-order valence-electron chi connectivity index (χ1n) is 10.3. The monoisotopic (exact) mass is 485 g/mol. The molecule has 1 fully saturated rings. The summed E-state index contributed by atoms with van der Waals surface area (Å²) < 4.78 is 16.0. The van der Waals surface area contributed by atoms with Gasteiger partial charge in [0.25, 0.3) is 0 Å². The number of ether oxygens (including phenoxy) is 3. The molecule has 1 atom stereocenters. The van der Waals surface area contributed by atoms with Crippen molar-refractivity contribution in [2.75, 3.05) is 45.3 Å². The number of fused-ring (bicyclic) bond motifs is 1. The van der Waals surface area contributed by atoms with Gasteiger partial charge in [0.15, 0.2) is 0 Å². The van der Waals surface area contributed by atoms with Gasteiger partial charge in [0.1, 0.15) is 28.9 Å². The summed E-state index contributed by atoms with van der Waals surface area (Å²) in [5, 5.41) is 9.72. The van der Waals surface area contributed by atoms with Crippen LogP contribution in [-0.4, -0.2) is 77.9 Å². The number of aromatic nitrogens is 2. The predicted octanol–water partition coefficient (Wildman–Crippen LogP) is 1.59. The number of thioether (sulfide) groups is 1. The Bertz CT molecular complexity index is 1130. The van der Waals surface area contributed by atoms with Gasteiger partial charge in [0, 0.05) is 32.7 Å². The van der Waals surface area contributed by atoms with Gasteiger partial charge in [-0.2, -0.15) is 10.2 Å². The van der Waals surface area contributed by atoms with E-state index in [0.29, 0.717) is 49.1 Å². The van der Waals surface area contributed by atoms with Crippen LogP contribution in [0.2, 0.25) is 0 Å². The van der Waals surface area contributed by atoms with E-state index in [-0.39, 0.29) is 11.6 Å². The molecule has 12 nitrogen and oxygen atoms in total. The molecule has 34 heavy (non-hydrogen) atoms. The minimum atomic E-state index is -1.01. The molecule has 2 aliphatic heterocycles. The van der Waals surface area contributed by atoms with Gasteiger partial charge in [-0.15, -0.1) is 0 Å². The molecule has 2 N–H and O–H groups in total. The second-order valence-corrected chi connectivity index (χ2v) is 8.49. The van der Waals surface area contributed by atoms with E-state index in [1.807, 2.05) is 12.1 Å². The number of hydrogen-bond donors (Lipinski definition) is 1. The average molecular weight is 486 g/mol. The Morgan fingerprint density at radius 2 is 1.97 bits per heavy atom. The van der Waals surface area contributed by atoms with Gasteiger partial charge in [0.05, 0.1) is 19.8 Å². The fraction of sp³-hybridized carbons (Fsp3) is 0.381. The zero-order valence-corrected chi connectivity index (χ0v) is 19.4. The maximum absolute atomic E-state index is 12.8. The van der Waals surface area contributed by atoms with Crippen LogP contribution >= 0.6 is 11.8 Å². The highest BCUT2D eigenvalue weighted by Crippen LogP contribution is 2.46. The van der Waals surface area contributed by atoms with E-state index in [4.69, 9.17) is 19.9 Å². The third kappa shape index (κ3) is 4.63. The number of nitriles is 1. The molecule has 1 aromatic carbocycles. The molecule has 0 saturated carbocycles. The van der Waals surface area contributed by atoms with Crippen molar-refractivity contribution >= 4 is 29.6 Å². The fourth-order valence-electron chi connectivity index (χ4n) is 3.78. The molecule has 178 valence electrons. The molecular weight excluding hydrogens is 462 g/mol. The van der Waals surface area contributed by atoms with Crippen molar-refractivity contribution in [3.05, 3.63) is 35.7 Å². The van der Waals surface area contributed by atoms with Crippen LogP contribution in [0.4, 0.5) is 15.3 Å². The molecule has 1 aromatic heterocycles. The maximum Gasteiger partial charge on any atom is 0.412 e. The molecular formula is C21H23N7O5S. The van der Waals surface area contributed by atoms with Crippen molar-refractivity contribution in [1.82, 2.24) is 19.8 Å². The quantitative estimate of drug-likeness (QED) is 0.619. The maximum atomic E-state index is 12.8. The molecule has 3 heterocycles. The molecule has 13 heteroatoms. The summed E-state index contributed by atoms with van der Waals surface area (Å²) in [6.45, 7) is 2.79. The Balaban J connectivity index is 1.35. The molecule has 2 aliphatic rings. The number of anilines is 1. The summed E-state index contributed by atoms with van der Waals surface area (Å²) in [5.74, 6) is 0.709. The standard InChI is InChI=1S/C21H23N7O5S/c1-31-15-4-3-13(9-14(15)10-22)11-26-5-7-27(8-6-26)20(30)33-21-28(19(23)29)16-17(32-2)24-12-25-18(16)34-21/h3-4,9,12,21H,5-8,11H2,1-2H3,(H2,23,29). The van der Waals surface area contributed by atoms with Crippen molar-refractivity contribution in [3.63, 3.8) is 0 Å². The van der Waals surface area contributed by atoms with Crippen LogP contribution in [0.5, 0.6) is 11.6 Å². The Kier molecular flexibility index (Phi) is 6.90. The number of carbonyl (C=O) groups is 2. The van der Waals surface area contributed by atoms with Crippen LogP contribution in [-0.2, 0) is 11.3 Å². The summed E-state index contributed by atoms with van der Waals surface area (Å²) >= 11 is 1.08. The number of carbonyl (C=O) groups excluding carboxylic acids is 2. The number of rotatable bonds is 5. The van der Waals surface area contributed by atoms with Crippen LogP contribution in [0.25, 0.3) is 0 Å². The van der Waals surface area contributed by atoms with Gasteiger partial charge < -0.3 is 24.8 Å². The van der Waals surface area contributed by atoms with E-state index < -0.39 is 17.7 Å². The molecule has 0 bridgehead atoms. The molecule has 0 spiro atoms. The minimum absolute atomic E-state index is 0.168. The third-order valence-electron chi connectivity index (χ3n) is 5.47. The number of amides is 3. The van der Waals surface area contributed by atoms with Crippen molar-refractivity contribution in [2.45, 2.75) is 17.1 Å². The molecule has 4 rings (SSSR count). The fourth-order valence-corrected chi connectivity index (χ4v) is 4.82. The molecule has 2 aromatic rings. The lowest BCUT2D eigenvalue weighted by atomic mass is 10.1. The molecule has 1 unspecified atom stereocenters. The zero-order valence-electron chi connectivity index (χ0n) is 18.6. The predicted molar refractivity (Wildman–Crippen MR) is 121 cm³/mol. The van der Waals surface area contributed by atoms with Crippen LogP contribution in [0, 0.1) is 11.3 Å². The van der Waals surface area contributed by atoms with Gasteiger partial charge >= 0.3 is 12.1 Å². The van der Waals surface area contributed by atoms with Crippen LogP contribution in [0.3, 0.4) is 0 Å². The van der Waals surface area contributed by atoms with Crippen molar-refractivity contribution in [3.8, 4) is 17.7 Å². The number of primary amides is 1. The van der Waals surface area contributed by atoms with Crippen LogP contribution in [0.1, 0.15) is 11.1 Å². The summed E-state index contributed by atoms with van der Waals surface area (Å²) in [6.07, 6.45) is 0.745. The topological polar surface area (TPSA) is 147 Å². The minimum Gasteiger partial charge on any atom is -0.495 e. The zero-order chi connectivity index (χ0) is 24.2. The first-order valence-corrected chi connectivity index (χ1v) is 11.2. The SMILES string of the molecule is COc1ccc(CN2CCN(C(=O)OC3Sc4ncnc(OC)c4N3C(N)=O)CC2)cc1C#N. The van der Waals surface area contributed by atoms with E-state index in [0.717, 1.165) is 22.2 Å². The number of hydrogen-bond acceptors (Lipinski definition) is 10. The third-order valence-corrected chi connectivity index (χ3v) is 6.50. The molecule has 1 saturated heterocycles.